The molecule has 0 aromatic heterocycles. The summed E-state index contributed by atoms with van der Waals surface area (Å²) in [5, 5.41) is 1.94. The predicted octanol–water partition coefficient (Wildman–Crippen LogP) is 6.99. The van der Waals surface area contributed by atoms with Crippen molar-refractivity contribution in [3.8, 4) is 0 Å². The van der Waals surface area contributed by atoms with Gasteiger partial charge in [0.25, 0.3) is 10.1 Å². The van der Waals surface area contributed by atoms with Crippen molar-refractivity contribution < 1.29 is 44.1 Å². The van der Waals surface area contributed by atoms with Gasteiger partial charge in [-0.2, -0.15) is 34.8 Å². The van der Waals surface area contributed by atoms with Gasteiger partial charge in [-0.3, -0.25) is 9.45 Å². The van der Waals surface area contributed by atoms with Gasteiger partial charge in [-0.15, -0.1) is 0 Å². The molecule has 0 atom stereocenters. The smallest absolute Gasteiger partial charge is 0.307 e. The van der Waals surface area contributed by atoms with E-state index in [9.17, 15) is 44.1 Å². The Balaban J connectivity index is 2.20. The summed E-state index contributed by atoms with van der Waals surface area (Å²) in [5.41, 5.74) is -3.89. The number of amides is 2. The summed E-state index contributed by atoms with van der Waals surface area (Å²) in [6, 6.07) is 7.93. The van der Waals surface area contributed by atoms with Crippen LogP contribution < -0.4 is 10.2 Å². The normalized spacial score (nSPS) is 12.3. The van der Waals surface area contributed by atoms with Crippen LogP contribution in [0.4, 0.5) is 48.2 Å². The highest BCUT2D eigenvalue weighted by Gasteiger charge is 2.33. The number of urea groups is 1. The fourth-order valence-electron chi connectivity index (χ4n) is 3.02. The molecule has 0 fully saturated rings. The first-order valence-corrected chi connectivity index (χ1v) is 11.1. The average molecular weight is 539 g/mol. The highest BCUT2D eigenvalue weighted by molar-refractivity contribution is 7.86. The van der Waals surface area contributed by atoms with Crippen LogP contribution >= 0.6 is 11.6 Å². The topological polar surface area (TPSA) is 86.7 Å². The van der Waals surface area contributed by atoms with Gasteiger partial charge in [0.2, 0.25) is 0 Å². The molecule has 3 rings (SSSR count). The van der Waals surface area contributed by atoms with Crippen LogP contribution in [0.5, 0.6) is 0 Å². The molecule has 0 unspecified atom stereocenters. The lowest BCUT2D eigenvalue weighted by Gasteiger charge is -2.26. The fourth-order valence-corrected chi connectivity index (χ4v) is 3.84. The molecule has 6 nitrogen and oxygen atoms in total. The van der Waals surface area contributed by atoms with Crippen molar-refractivity contribution in [3.63, 3.8) is 0 Å². The molecule has 2 N–H and O–H groups in total. The van der Waals surface area contributed by atoms with Crippen molar-refractivity contribution in [3.05, 3.63) is 82.9 Å². The van der Waals surface area contributed by atoms with Gasteiger partial charge in [0.1, 0.15) is 4.90 Å². The Morgan fingerprint density at radius 1 is 0.857 bits per heavy atom. The number of carbonyl (C=O) groups excluding carboxylic acids is 1. The van der Waals surface area contributed by atoms with Crippen LogP contribution in [0.25, 0.3) is 0 Å². The molecule has 0 spiro atoms. The van der Waals surface area contributed by atoms with Gasteiger partial charge >= 0.3 is 18.4 Å². The third kappa shape index (κ3) is 6.24. The molecule has 0 heterocycles. The Morgan fingerprint density at radius 3 is 2.00 bits per heavy atom. The monoisotopic (exact) mass is 538 g/mol. The summed E-state index contributed by atoms with van der Waals surface area (Å²) in [7, 11) is -5.03. The lowest BCUT2D eigenvalue weighted by Crippen LogP contribution is -2.32. The second-order valence-corrected chi connectivity index (χ2v) is 8.81. The number of carbonyl (C=O) groups is 1. The van der Waals surface area contributed by atoms with Crippen LogP contribution in [0.3, 0.4) is 0 Å². The molecule has 0 saturated heterocycles. The molecule has 0 aliphatic carbocycles. The van der Waals surface area contributed by atoms with Crippen molar-refractivity contribution in [2.45, 2.75) is 17.2 Å². The van der Waals surface area contributed by atoms with E-state index in [0.717, 1.165) is 48.5 Å². The van der Waals surface area contributed by atoms with Crippen LogP contribution in [-0.4, -0.2) is 19.0 Å². The van der Waals surface area contributed by atoms with E-state index in [0.29, 0.717) is 23.1 Å². The molecule has 0 bridgehead atoms. The average Bonchev–Trinajstić information content (AvgIpc) is 2.72. The molecule has 35 heavy (non-hydrogen) atoms. The van der Waals surface area contributed by atoms with Gasteiger partial charge in [-0.25, -0.2) is 4.79 Å². The Bertz CT molecular complexity index is 1380. The maximum atomic E-state index is 13.3. The number of anilines is 3. The quantitative estimate of drug-likeness (QED) is 0.277. The van der Waals surface area contributed by atoms with Gasteiger partial charge in [0, 0.05) is 10.7 Å². The molecule has 186 valence electrons. The summed E-state index contributed by atoms with van der Waals surface area (Å²) < 4.78 is 112. The number of halogens is 7. The van der Waals surface area contributed by atoms with Crippen LogP contribution in [0.2, 0.25) is 5.02 Å². The van der Waals surface area contributed by atoms with E-state index in [-0.39, 0.29) is 5.02 Å². The molecule has 0 saturated carbocycles. The molecule has 3 aromatic carbocycles. The Kier molecular flexibility index (Phi) is 7.07. The Labute approximate surface area is 199 Å². The van der Waals surface area contributed by atoms with Gasteiger partial charge in [0.05, 0.1) is 22.5 Å². The number of nitrogens with one attached hydrogen (secondary N) is 1. The number of hydrogen-bond donors (Lipinski definition) is 2. The van der Waals surface area contributed by atoms with E-state index < -0.39 is 61.6 Å². The van der Waals surface area contributed by atoms with Gasteiger partial charge in [-0.1, -0.05) is 23.7 Å². The number of hydrogen-bond acceptors (Lipinski definition) is 3. The van der Waals surface area contributed by atoms with Crippen LogP contribution in [-0.2, 0) is 22.5 Å². The summed E-state index contributed by atoms with van der Waals surface area (Å²) in [6.45, 7) is 0. The van der Waals surface area contributed by atoms with E-state index in [1.165, 1.54) is 0 Å². The molecule has 0 aliphatic rings. The van der Waals surface area contributed by atoms with Crippen molar-refractivity contribution in [2.24, 2.45) is 0 Å². The number of alkyl halides is 6. The summed E-state index contributed by atoms with van der Waals surface area (Å²) in [4.78, 5) is 12.7. The number of benzene rings is 3. The van der Waals surface area contributed by atoms with Crippen molar-refractivity contribution in [1.29, 1.82) is 0 Å². The largest absolute Gasteiger partial charge is 0.416 e. The van der Waals surface area contributed by atoms with E-state index in [2.05, 4.69) is 5.32 Å². The highest BCUT2D eigenvalue weighted by atomic mass is 35.5. The third-order valence-electron chi connectivity index (χ3n) is 4.52. The maximum Gasteiger partial charge on any atom is 0.416 e. The van der Waals surface area contributed by atoms with Crippen molar-refractivity contribution >= 4 is 44.8 Å². The highest BCUT2D eigenvalue weighted by Crippen LogP contribution is 2.38. The standard InChI is InChI=1S/C21H13ClF6N2O4S/c22-14-7-8-18(35(32,33)34)17(11-14)30(16-6-2-4-13(10-16)21(26,27)28)19(31)29-15-5-1-3-12(9-15)20(23,24)25/h1-11H,(H,29,31)(H,32,33,34). The predicted molar refractivity (Wildman–Crippen MR) is 115 cm³/mol. The third-order valence-corrected chi connectivity index (χ3v) is 5.65. The number of nitrogens with zero attached hydrogens (tertiary/aromatic N) is 1. The fraction of sp³-hybridized carbons (Fsp3) is 0.0952. The second-order valence-electron chi connectivity index (χ2n) is 6.98. The van der Waals surface area contributed by atoms with Gasteiger partial charge in [-0.05, 0) is 54.6 Å². The zero-order chi connectivity index (χ0) is 26.2. The first-order valence-electron chi connectivity index (χ1n) is 9.30. The minimum atomic E-state index is -5.03. The molecule has 0 radical (unpaired) electrons. The van der Waals surface area contributed by atoms with Crippen molar-refractivity contribution in [2.75, 3.05) is 10.2 Å². The lowest BCUT2D eigenvalue weighted by molar-refractivity contribution is -0.138. The molecule has 3 aromatic rings. The van der Waals surface area contributed by atoms with E-state index in [1.54, 1.807) is 0 Å². The van der Waals surface area contributed by atoms with E-state index in [4.69, 9.17) is 11.6 Å². The van der Waals surface area contributed by atoms with Crippen molar-refractivity contribution in [1.82, 2.24) is 0 Å². The van der Waals surface area contributed by atoms with E-state index >= 15 is 0 Å². The minimum absolute atomic E-state index is 0.156. The first kappa shape index (κ1) is 26.3. The van der Waals surface area contributed by atoms with E-state index in [1.807, 2.05) is 0 Å². The first-order chi connectivity index (χ1) is 16.1. The van der Waals surface area contributed by atoms with Gasteiger partial charge < -0.3 is 5.32 Å². The minimum Gasteiger partial charge on any atom is -0.307 e. The zero-order valence-corrected chi connectivity index (χ0v) is 18.6. The molecule has 0 aliphatic heterocycles. The lowest BCUT2D eigenvalue weighted by atomic mass is 10.1. The van der Waals surface area contributed by atoms with Gasteiger partial charge in [0.15, 0.2) is 0 Å². The maximum absolute atomic E-state index is 13.3. The summed E-state index contributed by atoms with van der Waals surface area (Å²) in [5.74, 6) is 0. The van der Waals surface area contributed by atoms with Crippen LogP contribution in [0.15, 0.2) is 71.6 Å². The number of rotatable bonds is 4. The molecular formula is C21H13ClF6N2O4S. The van der Waals surface area contributed by atoms with Crippen LogP contribution in [0.1, 0.15) is 11.1 Å². The summed E-state index contributed by atoms with van der Waals surface area (Å²) >= 11 is 5.90. The molecule has 2 amide bonds. The Hall–Kier alpha value is -3.29. The molecule has 14 heteroatoms. The molecular weight excluding hydrogens is 526 g/mol. The SMILES string of the molecule is O=C(Nc1cccc(C(F)(F)F)c1)N(c1cccc(C(F)(F)F)c1)c1cc(Cl)ccc1S(=O)(=O)O. The second kappa shape index (κ2) is 9.40. The Morgan fingerprint density at radius 2 is 1.43 bits per heavy atom. The zero-order valence-electron chi connectivity index (χ0n) is 17.0. The van der Waals surface area contributed by atoms with Crippen LogP contribution in [0, 0.1) is 0 Å². The summed E-state index contributed by atoms with van der Waals surface area (Å²) in [6.07, 6.45) is -9.61.